The molecule has 1 amide bonds. The zero-order valence-electron chi connectivity index (χ0n) is 14.4. The van der Waals surface area contributed by atoms with Crippen LogP contribution in [0, 0.1) is 5.92 Å². The van der Waals surface area contributed by atoms with Gasteiger partial charge in [0.25, 0.3) is 5.91 Å². The Morgan fingerprint density at radius 3 is 2.46 bits per heavy atom. The summed E-state index contributed by atoms with van der Waals surface area (Å²) < 4.78 is 6.11. The third kappa shape index (κ3) is 4.83. The minimum atomic E-state index is -0.677. The zero-order valence-corrected chi connectivity index (χ0v) is 14.4. The second kappa shape index (κ2) is 9.08. The number of hydrogen-bond acceptors (Lipinski definition) is 3. The molecule has 0 bridgehead atoms. The Labute approximate surface area is 144 Å². The fourth-order valence-electron chi connectivity index (χ4n) is 2.39. The first kappa shape index (κ1) is 18.0. The lowest BCUT2D eigenvalue weighted by Crippen LogP contribution is -2.36. The lowest BCUT2D eigenvalue weighted by Gasteiger charge is -2.21. The maximum atomic E-state index is 12.7. The number of aryl methyl sites for hydroxylation is 1. The van der Waals surface area contributed by atoms with Gasteiger partial charge in [-0.15, -0.1) is 0 Å². The summed E-state index contributed by atoms with van der Waals surface area (Å²) in [6.07, 6.45) is 0.174. The van der Waals surface area contributed by atoms with E-state index in [2.05, 4.69) is 12.2 Å². The van der Waals surface area contributed by atoms with Crippen molar-refractivity contribution in [3.63, 3.8) is 0 Å². The number of nitrogens with two attached hydrogens (primary N) is 1. The first-order valence-corrected chi connectivity index (χ1v) is 8.43. The summed E-state index contributed by atoms with van der Waals surface area (Å²) in [6.45, 7) is 5.15. The molecular formula is C20H26N2O2. The van der Waals surface area contributed by atoms with Gasteiger partial charge in [0, 0.05) is 12.1 Å². The first-order valence-electron chi connectivity index (χ1n) is 8.43. The van der Waals surface area contributed by atoms with E-state index in [1.165, 1.54) is 0 Å². The van der Waals surface area contributed by atoms with Crippen LogP contribution in [-0.4, -0.2) is 19.0 Å². The van der Waals surface area contributed by atoms with Crippen molar-refractivity contribution < 1.29 is 9.53 Å². The van der Waals surface area contributed by atoms with Crippen molar-refractivity contribution in [3.8, 4) is 5.75 Å². The third-order valence-corrected chi connectivity index (χ3v) is 3.97. The molecule has 2 rings (SSSR count). The number of rotatable bonds is 8. The second-order valence-corrected chi connectivity index (χ2v) is 5.96. The number of hydrogen-bond donors (Lipinski definition) is 2. The van der Waals surface area contributed by atoms with E-state index in [-0.39, 0.29) is 11.8 Å². The molecule has 24 heavy (non-hydrogen) atoms. The Morgan fingerprint density at radius 2 is 1.79 bits per heavy atom. The quantitative estimate of drug-likeness (QED) is 0.783. The van der Waals surface area contributed by atoms with Gasteiger partial charge in [0.05, 0.1) is 0 Å². The molecule has 0 radical (unpaired) electrons. The average Bonchev–Trinajstić information content (AvgIpc) is 2.64. The van der Waals surface area contributed by atoms with Gasteiger partial charge in [-0.05, 0) is 30.5 Å². The SMILES string of the molecule is CCc1ccccc1OC(C(=O)NCC(C)CN)c1ccccc1. The lowest BCUT2D eigenvalue weighted by molar-refractivity contribution is -0.128. The van der Waals surface area contributed by atoms with Crippen LogP contribution in [0.2, 0.25) is 0 Å². The van der Waals surface area contributed by atoms with Crippen molar-refractivity contribution in [2.75, 3.05) is 13.1 Å². The molecule has 2 aromatic carbocycles. The number of amides is 1. The largest absolute Gasteiger partial charge is 0.476 e. The predicted octanol–water partition coefficient (Wildman–Crippen LogP) is 3.08. The molecule has 0 heterocycles. The van der Waals surface area contributed by atoms with Gasteiger partial charge in [0.2, 0.25) is 6.10 Å². The molecule has 2 unspecified atom stereocenters. The lowest BCUT2D eigenvalue weighted by atomic mass is 10.1. The molecule has 128 valence electrons. The van der Waals surface area contributed by atoms with E-state index in [1.807, 2.05) is 61.5 Å². The minimum absolute atomic E-state index is 0.146. The van der Waals surface area contributed by atoms with Crippen LogP contribution in [0.1, 0.15) is 31.1 Å². The van der Waals surface area contributed by atoms with Crippen LogP contribution in [0.25, 0.3) is 0 Å². The topological polar surface area (TPSA) is 64.3 Å². The van der Waals surface area contributed by atoms with Gasteiger partial charge >= 0.3 is 0 Å². The van der Waals surface area contributed by atoms with Crippen molar-refractivity contribution in [2.24, 2.45) is 11.7 Å². The molecule has 0 aliphatic rings. The normalized spacial score (nSPS) is 13.1. The molecule has 0 aromatic heterocycles. The molecule has 4 heteroatoms. The Balaban J connectivity index is 2.22. The van der Waals surface area contributed by atoms with Crippen molar-refractivity contribution in [2.45, 2.75) is 26.4 Å². The van der Waals surface area contributed by atoms with Crippen molar-refractivity contribution >= 4 is 5.91 Å². The molecular weight excluding hydrogens is 300 g/mol. The van der Waals surface area contributed by atoms with Gasteiger partial charge < -0.3 is 15.8 Å². The molecule has 0 aliphatic carbocycles. The highest BCUT2D eigenvalue weighted by Gasteiger charge is 2.23. The third-order valence-electron chi connectivity index (χ3n) is 3.97. The summed E-state index contributed by atoms with van der Waals surface area (Å²) in [7, 11) is 0. The number of nitrogens with one attached hydrogen (secondary N) is 1. The van der Waals surface area contributed by atoms with Crippen molar-refractivity contribution in [3.05, 3.63) is 65.7 Å². The molecule has 0 fully saturated rings. The van der Waals surface area contributed by atoms with Crippen molar-refractivity contribution in [1.29, 1.82) is 0 Å². The summed E-state index contributed by atoms with van der Waals surface area (Å²) >= 11 is 0. The summed E-state index contributed by atoms with van der Waals surface area (Å²) in [5.74, 6) is 0.830. The molecule has 0 saturated heterocycles. The number of carbonyl (C=O) groups excluding carboxylic acids is 1. The average molecular weight is 326 g/mol. The van der Waals surface area contributed by atoms with Gasteiger partial charge in [-0.2, -0.15) is 0 Å². The highest BCUT2D eigenvalue weighted by Crippen LogP contribution is 2.26. The maximum Gasteiger partial charge on any atom is 0.265 e. The van der Waals surface area contributed by atoms with Crippen LogP contribution >= 0.6 is 0 Å². The van der Waals surface area contributed by atoms with E-state index in [0.717, 1.165) is 23.3 Å². The molecule has 2 aromatic rings. The first-order chi connectivity index (χ1) is 11.7. The molecule has 0 aliphatic heterocycles. The van der Waals surface area contributed by atoms with E-state index in [0.29, 0.717) is 13.1 Å². The summed E-state index contributed by atoms with van der Waals surface area (Å²) in [6, 6.07) is 17.4. The van der Waals surface area contributed by atoms with Crippen molar-refractivity contribution in [1.82, 2.24) is 5.32 Å². The summed E-state index contributed by atoms with van der Waals surface area (Å²) in [5, 5.41) is 2.95. The Kier molecular flexibility index (Phi) is 6.82. The fourth-order valence-corrected chi connectivity index (χ4v) is 2.39. The van der Waals surface area contributed by atoms with Crippen LogP contribution in [-0.2, 0) is 11.2 Å². The smallest absolute Gasteiger partial charge is 0.265 e. The number of benzene rings is 2. The predicted molar refractivity (Wildman–Crippen MR) is 96.9 cm³/mol. The summed E-state index contributed by atoms with van der Waals surface area (Å²) in [5.41, 5.74) is 7.54. The summed E-state index contributed by atoms with van der Waals surface area (Å²) in [4.78, 5) is 12.7. The number of carbonyl (C=O) groups is 1. The van der Waals surface area contributed by atoms with E-state index in [4.69, 9.17) is 10.5 Å². The van der Waals surface area contributed by atoms with Gasteiger partial charge in [0.15, 0.2) is 0 Å². The standard InChI is InChI=1S/C20H26N2O2/c1-3-16-9-7-8-12-18(16)24-19(17-10-5-4-6-11-17)20(23)22-14-15(2)13-21/h4-12,15,19H,3,13-14,21H2,1-2H3,(H,22,23). The second-order valence-electron chi connectivity index (χ2n) is 5.96. The van der Waals surface area contributed by atoms with Gasteiger partial charge in [0.1, 0.15) is 5.75 Å². The van der Waals surface area contributed by atoms with E-state index >= 15 is 0 Å². The van der Waals surface area contributed by atoms with E-state index in [1.54, 1.807) is 0 Å². The highest BCUT2D eigenvalue weighted by molar-refractivity contribution is 5.82. The van der Waals surface area contributed by atoms with Gasteiger partial charge in [-0.3, -0.25) is 4.79 Å². The molecule has 4 nitrogen and oxygen atoms in total. The van der Waals surface area contributed by atoms with Crippen LogP contribution < -0.4 is 15.8 Å². The highest BCUT2D eigenvalue weighted by atomic mass is 16.5. The molecule has 3 N–H and O–H groups in total. The van der Waals surface area contributed by atoms with Crippen LogP contribution in [0.4, 0.5) is 0 Å². The van der Waals surface area contributed by atoms with Gasteiger partial charge in [-0.25, -0.2) is 0 Å². The maximum absolute atomic E-state index is 12.7. The number of para-hydroxylation sites is 1. The Hall–Kier alpha value is -2.33. The Morgan fingerprint density at radius 1 is 1.12 bits per heavy atom. The monoisotopic (exact) mass is 326 g/mol. The molecule has 0 saturated carbocycles. The molecule has 0 spiro atoms. The van der Waals surface area contributed by atoms with Crippen LogP contribution in [0.15, 0.2) is 54.6 Å². The Bertz CT molecular complexity index is 643. The van der Waals surface area contributed by atoms with Gasteiger partial charge in [-0.1, -0.05) is 62.4 Å². The number of ether oxygens (including phenoxy) is 1. The van der Waals surface area contributed by atoms with Crippen LogP contribution in [0.5, 0.6) is 5.75 Å². The minimum Gasteiger partial charge on any atom is -0.476 e. The fraction of sp³-hybridized carbons (Fsp3) is 0.350. The molecule has 2 atom stereocenters. The van der Waals surface area contributed by atoms with E-state index < -0.39 is 6.10 Å². The van der Waals surface area contributed by atoms with Crippen LogP contribution in [0.3, 0.4) is 0 Å². The van der Waals surface area contributed by atoms with E-state index in [9.17, 15) is 4.79 Å². The zero-order chi connectivity index (χ0) is 17.4.